The molecule has 0 fully saturated rings. The lowest BCUT2D eigenvalue weighted by atomic mass is 10.2. The molecule has 24 heavy (non-hydrogen) atoms. The molecule has 2 aromatic rings. The molecule has 0 aliphatic rings. The van der Waals surface area contributed by atoms with Crippen molar-refractivity contribution in [2.45, 2.75) is 13.8 Å². The van der Waals surface area contributed by atoms with E-state index in [0.717, 1.165) is 11.1 Å². The molecule has 5 nitrogen and oxygen atoms in total. The second-order valence-corrected chi connectivity index (χ2v) is 5.80. The number of halogens is 1. The van der Waals surface area contributed by atoms with Gasteiger partial charge in [0.2, 0.25) is 5.91 Å². The topological polar surface area (TPSA) is 67.4 Å². The Bertz CT molecular complexity index is 730. The summed E-state index contributed by atoms with van der Waals surface area (Å²) in [4.78, 5) is 23.5. The molecule has 2 N–H and O–H groups in total. The Morgan fingerprint density at radius 1 is 1.04 bits per heavy atom. The van der Waals surface area contributed by atoms with Crippen LogP contribution in [0.15, 0.2) is 42.5 Å². The highest BCUT2D eigenvalue weighted by molar-refractivity contribution is 6.31. The smallest absolute Gasteiger partial charge is 0.258 e. The predicted octanol–water partition coefficient (Wildman–Crippen LogP) is 3.09. The molecule has 2 amide bonds. The highest BCUT2D eigenvalue weighted by Crippen LogP contribution is 2.19. The average Bonchev–Trinajstić information content (AvgIpc) is 2.56. The predicted molar refractivity (Wildman–Crippen MR) is 94.5 cm³/mol. The zero-order valence-corrected chi connectivity index (χ0v) is 14.3. The number of carbonyl (C=O) groups excluding carboxylic acids is 2. The van der Waals surface area contributed by atoms with Crippen molar-refractivity contribution in [1.29, 1.82) is 0 Å². The molecule has 0 spiro atoms. The first-order valence-corrected chi connectivity index (χ1v) is 7.84. The largest absolute Gasteiger partial charge is 0.484 e. The Balaban J connectivity index is 1.73. The minimum absolute atomic E-state index is 0.137. The van der Waals surface area contributed by atoms with Crippen molar-refractivity contribution in [3.05, 3.63) is 58.6 Å². The molecule has 0 aliphatic heterocycles. The van der Waals surface area contributed by atoms with Gasteiger partial charge in [-0.05, 0) is 43.7 Å². The van der Waals surface area contributed by atoms with Crippen molar-refractivity contribution in [2.75, 3.05) is 18.5 Å². The van der Waals surface area contributed by atoms with Gasteiger partial charge in [-0.3, -0.25) is 9.59 Å². The van der Waals surface area contributed by atoms with Gasteiger partial charge in [0.25, 0.3) is 5.91 Å². The molecule has 0 aliphatic carbocycles. The lowest BCUT2D eigenvalue weighted by molar-refractivity contribution is -0.125. The summed E-state index contributed by atoms with van der Waals surface area (Å²) in [6.45, 7) is 3.56. The Morgan fingerprint density at radius 2 is 1.75 bits per heavy atom. The van der Waals surface area contributed by atoms with E-state index >= 15 is 0 Å². The quantitative estimate of drug-likeness (QED) is 0.844. The van der Waals surface area contributed by atoms with Crippen LogP contribution in [0.25, 0.3) is 0 Å². The van der Waals surface area contributed by atoms with Crippen LogP contribution in [0.5, 0.6) is 5.75 Å². The van der Waals surface area contributed by atoms with Gasteiger partial charge in [0.1, 0.15) is 5.75 Å². The van der Waals surface area contributed by atoms with E-state index in [1.54, 1.807) is 24.3 Å². The number of nitrogens with one attached hydrogen (secondary N) is 2. The average molecular weight is 347 g/mol. The molecule has 2 rings (SSSR count). The highest BCUT2D eigenvalue weighted by atomic mass is 35.5. The fourth-order valence-electron chi connectivity index (χ4n) is 1.89. The number of benzene rings is 2. The zero-order chi connectivity index (χ0) is 17.5. The minimum Gasteiger partial charge on any atom is -0.484 e. The Morgan fingerprint density at radius 3 is 2.42 bits per heavy atom. The molecule has 2 aromatic carbocycles. The molecule has 0 unspecified atom stereocenters. The molecule has 6 heteroatoms. The van der Waals surface area contributed by atoms with E-state index in [1.165, 1.54) is 0 Å². The molecule has 0 aromatic heterocycles. The van der Waals surface area contributed by atoms with Gasteiger partial charge in [-0.1, -0.05) is 35.4 Å². The first kappa shape index (κ1) is 17.8. The van der Waals surface area contributed by atoms with E-state index in [-0.39, 0.29) is 25.0 Å². The monoisotopic (exact) mass is 346 g/mol. The van der Waals surface area contributed by atoms with Crippen LogP contribution in [0.1, 0.15) is 11.1 Å². The van der Waals surface area contributed by atoms with Gasteiger partial charge in [0, 0.05) is 10.7 Å². The van der Waals surface area contributed by atoms with Crippen LogP contribution in [-0.4, -0.2) is 25.0 Å². The summed E-state index contributed by atoms with van der Waals surface area (Å²) in [6.07, 6.45) is 0. The van der Waals surface area contributed by atoms with E-state index in [1.807, 2.05) is 32.0 Å². The summed E-state index contributed by atoms with van der Waals surface area (Å²) in [5.41, 5.74) is 2.62. The first-order valence-electron chi connectivity index (χ1n) is 7.46. The first-order chi connectivity index (χ1) is 11.4. The number of hydrogen-bond acceptors (Lipinski definition) is 3. The van der Waals surface area contributed by atoms with Crippen LogP contribution in [0.4, 0.5) is 5.69 Å². The molecule has 0 saturated heterocycles. The van der Waals surface area contributed by atoms with Crippen molar-refractivity contribution in [2.24, 2.45) is 0 Å². The lowest BCUT2D eigenvalue weighted by Gasteiger charge is -2.09. The molecule has 0 heterocycles. The lowest BCUT2D eigenvalue weighted by Crippen LogP contribution is -2.35. The van der Waals surface area contributed by atoms with Gasteiger partial charge in [0.15, 0.2) is 6.61 Å². The molecule has 0 radical (unpaired) electrons. The van der Waals surface area contributed by atoms with Gasteiger partial charge in [-0.15, -0.1) is 0 Å². The van der Waals surface area contributed by atoms with Crippen LogP contribution in [-0.2, 0) is 9.59 Å². The fraction of sp³-hybridized carbons (Fsp3) is 0.222. The Labute approximate surface area is 146 Å². The van der Waals surface area contributed by atoms with E-state index in [2.05, 4.69) is 10.6 Å². The summed E-state index contributed by atoms with van der Waals surface area (Å²) in [5, 5.41) is 5.74. The molecular formula is C18H19ClN2O3. The number of rotatable bonds is 6. The molecule has 0 saturated carbocycles. The Hall–Kier alpha value is -2.53. The second-order valence-electron chi connectivity index (χ2n) is 5.39. The maximum Gasteiger partial charge on any atom is 0.258 e. The van der Waals surface area contributed by atoms with Gasteiger partial charge < -0.3 is 15.4 Å². The van der Waals surface area contributed by atoms with Crippen LogP contribution >= 0.6 is 11.6 Å². The Kier molecular flexibility index (Phi) is 6.21. The van der Waals surface area contributed by atoms with Gasteiger partial charge in [-0.2, -0.15) is 0 Å². The van der Waals surface area contributed by atoms with Crippen molar-refractivity contribution in [3.8, 4) is 5.75 Å². The standard InChI is InChI=1S/C18H19ClN2O3/c1-12-3-7-15(8-4-12)24-11-18(23)20-10-17(22)21-14-6-5-13(2)16(19)9-14/h3-9H,10-11H2,1-2H3,(H,20,23)(H,21,22). The van der Waals surface area contributed by atoms with Crippen molar-refractivity contribution in [3.63, 3.8) is 0 Å². The summed E-state index contributed by atoms with van der Waals surface area (Å²) in [5.74, 6) is -0.0965. The number of anilines is 1. The molecule has 0 atom stereocenters. The number of carbonyl (C=O) groups is 2. The summed E-state index contributed by atoms with van der Waals surface area (Å²) < 4.78 is 5.34. The highest BCUT2D eigenvalue weighted by Gasteiger charge is 2.07. The van der Waals surface area contributed by atoms with Gasteiger partial charge >= 0.3 is 0 Å². The van der Waals surface area contributed by atoms with E-state index in [9.17, 15) is 9.59 Å². The third-order valence-electron chi connectivity index (χ3n) is 3.29. The molecular weight excluding hydrogens is 328 g/mol. The van der Waals surface area contributed by atoms with Gasteiger partial charge in [-0.25, -0.2) is 0 Å². The van der Waals surface area contributed by atoms with E-state index in [0.29, 0.717) is 16.5 Å². The zero-order valence-electron chi connectivity index (χ0n) is 13.6. The van der Waals surface area contributed by atoms with Crippen molar-refractivity contribution < 1.29 is 14.3 Å². The molecule has 126 valence electrons. The van der Waals surface area contributed by atoms with Crippen LogP contribution in [0.2, 0.25) is 5.02 Å². The van der Waals surface area contributed by atoms with Crippen LogP contribution < -0.4 is 15.4 Å². The van der Waals surface area contributed by atoms with E-state index < -0.39 is 0 Å². The molecule has 0 bridgehead atoms. The normalized spacial score (nSPS) is 10.1. The number of aryl methyl sites for hydroxylation is 2. The second kappa shape index (κ2) is 8.36. The van der Waals surface area contributed by atoms with Crippen molar-refractivity contribution >= 4 is 29.1 Å². The third-order valence-corrected chi connectivity index (χ3v) is 3.70. The summed E-state index contributed by atoms with van der Waals surface area (Å²) >= 11 is 6.00. The van der Waals surface area contributed by atoms with E-state index in [4.69, 9.17) is 16.3 Å². The van der Waals surface area contributed by atoms with Gasteiger partial charge in [0.05, 0.1) is 6.54 Å². The van der Waals surface area contributed by atoms with Crippen LogP contribution in [0, 0.1) is 13.8 Å². The number of hydrogen-bond donors (Lipinski definition) is 2. The fourth-order valence-corrected chi connectivity index (χ4v) is 2.07. The van der Waals surface area contributed by atoms with Crippen LogP contribution in [0.3, 0.4) is 0 Å². The maximum absolute atomic E-state index is 11.8. The van der Waals surface area contributed by atoms with Crippen molar-refractivity contribution in [1.82, 2.24) is 5.32 Å². The maximum atomic E-state index is 11.8. The SMILES string of the molecule is Cc1ccc(OCC(=O)NCC(=O)Nc2ccc(C)c(Cl)c2)cc1. The third kappa shape index (κ3) is 5.59. The summed E-state index contributed by atoms with van der Waals surface area (Å²) in [7, 11) is 0. The number of amides is 2. The minimum atomic E-state index is -0.368. The summed E-state index contributed by atoms with van der Waals surface area (Å²) in [6, 6.07) is 12.6. The number of ether oxygens (including phenoxy) is 1.